The van der Waals surface area contributed by atoms with Crippen LogP contribution in [0.15, 0.2) is 24.3 Å². The van der Waals surface area contributed by atoms with E-state index in [4.69, 9.17) is 9.47 Å². The molecule has 0 aromatic heterocycles. The van der Waals surface area contributed by atoms with Crippen LogP contribution in [0.2, 0.25) is 0 Å². The number of aromatic hydroxyl groups is 1. The Kier molecular flexibility index (Phi) is 5.03. The number of hydrogen-bond acceptors (Lipinski definition) is 5. The number of carbonyl (C=O) groups is 1. The van der Waals surface area contributed by atoms with Gasteiger partial charge in [0.15, 0.2) is 18.3 Å². The minimum absolute atomic E-state index is 0.0194. The summed E-state index contributed by atoms with van der Waals surface area (Å²) in [5, 5.41) is 9.61. The Balaban J connectivity index is 2.74. The highest BCUT2D eigenvalue weighted by molar-refractivity contribution is 5.87. The van der Waals surface area contributed by atoms with Crippen LogP contribution in [0.4, 0.5) is 0 Å². The van der Waals surface area contributed by atoms with Crippen molar-refractivity contribution in [2.75, 3.05) is 21.0 Å². The predicted octanol–water partition coefficient (Wildman–Crippen LogP) is 1.56. The number of methoxy groups -OCH3 is 2. The average molecular weight is 238 g/mol. The number of ether oxygens (including phenoxy) is 3. The van der Waals surface area contributed by atoms with Crippen LogP contribution in [0.1, 0.15) is 5.56 Å². The summed E-state index contributed by atoms with van der Waals surface area (Å²) >= 11 is 0. The highest BCUT2D eigenvalue weighted by Gasteiger charge is 2.02. The Labute approximate surface area is 99.2 Å². The third-order valence-electron chi connectivity index (χ3n) is 1.93. The molecule has 92 valence electrons. The molecule has 1 aromatic carbocycles. The Morgan fingerprint density at radius 1 is 1.41 bits per heavy atom. The Morgan fingerprint density at radius 2 is 2.18 bits per heavy atom. The highest BCUT2D eigenvalue weighted by atomic mass is 16.7. The monoisotopic (exact) mass is 238 g/mol. The third-order valence-corrected chi connectivity index (χ3v) is 1.93. The number of phenolic OH excluding ortho intramolecular Hbond substituents is 1. The number of rotatable bonds is 5. The van der Waals surface area contributed by atoms with Crippen molar-refractivity contribution in [1.29, 1.82) is 0 Å². The van der Waals surface area contributed by atoms with Crippen molar-refractivity contribution in [1.82, 2.24) is 0 Å². The maximum atomic E-state index is 10.9. The first-order valence-corrected chi connectivity index (χ1v) is 4.88. The summed E-state index contributed by atoms with van der Waals surface area (Å²) in [5.41, 5.74) is 0.665. The van der Waals surface area contributed by atoms with Crippen LogP contribution in [0.5, 0.6) is 11.5 Å². The molecule has 5 heteroatoms. The Morgan fingerprint density at radius 3 is 2.76 bits per heavy atom. The lowest BCUT2D eigenvalue weighted by Gasteiger charge is -2.06. The fourth-order valence-corrected chi connectivity index (χ4v) is 1.11. The van der Waals surface area contributed by atoms with Crippen LogP contribution in [-0.4, -0.2) is 32.1 Å². The van der Waals surface area contributed by atoms with Crippen LogP contribution in [0.25, 0.3) is 6.08 Å². The van der Waals surface area contributed by atoms with Crippen LogP contribution >= 0.6 is 0 Å². The van der Waals surface area contributed by atoms with Gasteiger partial charge < -0.3 is 19.3 Å². The molecule has 0 heterocycles. The lowest BCUT2D eigenvalue weighted by atomic mass is 10.2. The summed E-state index contributed by atoms with van der Waals surface area (Å²) in [7, 11) is 2.79. The van der Waals surface area contributed by atoms with Crippen LogP contribution in [0.3, 0.4) is 0 Å². The SMILES string of the molecule is COCOc1ccc(/C=C/C(=O)OC)cc1O. The second-order valence-electron chi connectivity index (χ2n) is 3.13. The van der Waals surface area contributed by atoms with E-state index >= 15 is 0 Å². The molecule has 0 aliphatic heterocycles. The van der Waals surface area contributed by atoms with Gasteiger partial charge in [0, 0.05) is 13.2 Å². The number of hydrogen-bond donors (Lipinski definition) is 1. The van der Waals surface area contributed by atoms with Crippen LogP contribution < -0.4 is 4.74 Å². The molecule has 0 saturated carbocycles. The lowest BCUT2D eigenvalue weighted by Crippen LogP contribution is -1.99. The standard InChI is InChI=1S/C12H14O5/c1-15-8-17-11-5-3-9(7-10(11)13)4-6-12(14)16-2/h3-7,13H,8H2,1-2H3/b6-4+. The average Bonchev–Trinajstić information content (AvgIpc) is 2.34. The van der Waals surface area contributed by atoms with Crippen molar-refractivity contribution in [2.24, 2.45) is 0 Å². The van der Waals surface area contributed by atoms with E-state index < -0.39 is 5.97 Å². The molecule has 0 bridgehead atoms. The summed E-state index contributed by atoms with van der Waals surface area (Å²) in [4.78, 5) is 10.9. The van der Waals surface area contributed by atoms with Gasteiger partial charge in [0.05, 0.1) is 7.11 Å². The van der Waals surface area contributed by atoms with Gasteiger partial charge in [0.2, 0.25) is 0 Å². The van der Waals surface area contributed by atoms with E-state index in [-0.39, 0.29) is 12.5 Å². The lowest BCUT2D eigenvalue weighted by molar-refractivity contribution is -0.134. The maximum Gasteiger partial charge on any atom is 0.330 e. The molecule has 0 fully saturated rings. The number of carbonyl (C=O) groups excluding carboxylic acids is 1. The van der Waals surface area contributed by atoms with Crippen molar-refractivity contribution >= 4 is 12.0 Å². The van der Waals surface area contributed by atoms with Crippen LogP contribution in [0, 0.1) is 0 Å². The number of phenols is 1. The molecule has 17 heavy (non-hydrogen) atoms. The largest absolute Gasteiger partial charge is 0.504 e. The Bertz CT molecular complexity index is 411. The van der Waals surface area contributed by atoms with Crippen molar-refractivity contribution in [3.05, 3.63) is 29.8 Å². The molecule has 1 rings (SSSR count). The fraction of sp³-hybridized carbons (Fsp3) is 0.250. The topological polar surface area (TPSA) is 65.0 Å². The minimum Gasteiger partial charge on any atom is -0.504 e. The molecule has 0 saturated heterocycles. The van der Waals surface area contributed by atoms with E-state index in [0.717, 1.165) is 0 Å². The molecule has 0 aliphatic rings. The molecular formula is C12H14O5. The minimum atomic E-state index is -0.454. The van der Waals surface area contributed by atoms with Gasteiger partial charge in [-0.05, 0) is 23.8 Å². The molecule has 0 radical (unpaired) electrons. The molecule has 1 aromatic rings. The zero-order valence-electron chi connectivity index (χ0n) is 9.67. The van der Waals surface area contributed by atoms with Crippen molar-refractivity contribution < 1.29 is 24.1 Å². The van der Waals surface area contributed by atoms with Gasteiger partial charge in [-0.25, -0.2) is 4.79 Å². The smallest absolute Gasteiger partial charge is 0.330 e. The van der Waals surface area contributed by atoms with Crippen molar-refractivity contribution in [2.45, 2.75) is 0 Å². The second-order valence-corrected chi connectivity index (χ2v) is 3.13. The fourth-order valence-electron chi connectivity index (χ4n) is 1.11. The van der Waals surface area contributed by atoms with E-state index in [9.17, 15) is 9.90 Å². The first kappa shape index (κ1) is 13.1. The van der Waals surface area contributed by atoms with Gasteiger partial charge in [-0.15, -0.1) is 0 Å². The number of benzene rings is 1. The molecule has 0 unspecified atom stereocenters. The highest BCUT2D eigenvalue weighted by Crippen LogP contribution is 2.27. The van der Waals surface area contributed by atoms with E-state index in [1.165, 1.54) is 32.4 Å². The third kappa shape index (κ3) is 4.16. The summed E-state index contributed by atoms with van der Waals surface area (Å²) in [6.07, 6.45) is 2.80. The summed E-state index contributed by atoms with van der Waals surface area (Å²) < 4.78 is 14.3. The maximum absolute atomic E-state index is 10.9. The first-order valence-electron chi connectivity index (χ1n) is 4.88. The van der Waals surface area contributed by atoms with E-state index in [1.807, 2.05) is 0 Å². The molecule has 0 aliphatic carbocycles. The van der Waals surface area contributed by atoms with Gasteiger partial charge in [0.1, 0.15) is 0 Å². The Hall–Kier alpha value is -2.01. The molecule has 5 nitrogen and oxygen atoms in total. The second kappa shape index (κ2) is 6.55. The quantitative estimate of drug-likeness (QED) is 0.479. The molecular weight excluding hydrogens is 224 g/mol. The molecule has 0 atom stereocenters. The summed E-state index contributed by atoms with van der Waals surface area (Å²) in [6.45, 7) is 0.0604. The van der Waals surface area contributed by atoms with Gasteiger partial charge in [-0.3, -0.25) is 0 Å². The summed E-state index contributed by atoms with van der Waals surface area (Å²) in [5.74, 6) is -0.152. The van der Waals surface area contributed by atoms with Crippen molar-refractivity contribution in [3.8, 4) is 11.5 Å². The first-order chi connectivity index (χ1) is 8.17. The van der Waals surface area contributed by atoms with E-state index in [2.05, 4.69) is 4.74 Å². The predicted molar refractivity (Wildman–Crippen MR) is 61.7 cm³/mol. The normalized spacial score (nSPS) is 10.5. The summed E-state index contributed by atoms with van der Waals surface area (Å²) in [6, 6.07) is 4.76. The van der Waals surface area contributed by atoms with Gasteiger partial charge in [-0.2, -0.15) is 0 Å². The molecule has 0 amide bonds. The van der Waals surface area contributed by atoms with Gasteiger partial charge in [0.25, 0.3) is 0 Å². The van der Waals surface area contributed by atoms with Crippen LogP contribution in [-0.2, 0) is 14.3 Å². The van der Waals surface area contributed by atoms with E-state index in [0.29, 0.717) is 11.3 Å². The van der Waals surface area contributed by atoms with E-state index in [1.54, 1.807) is 12.1 Å². The zero-order valence-corrected chi connectivity index (χ0v) is 9.67. The zero-order chi connectivity index (χ0) is 12.7. The van der Waals surface area contributed by atoms with Crippen molar-refractivity contribution in [3.63, 3.8) is 0 Å². The molecule has 0 spiro atoms. The van der Waals surface area contributed by atoms with Gasteiger partial charge >= 0.3 is 5.97 Å². The number of esters is 1. The molecule has 1 N–H and O–H groups in total. The van der Waals surface area contributed by atoms with Gasteiger partial charge in [-0.1, -0.05) is 6.07 Å².